The molecule has 2 saturated heterocycles. The van der Waals surface area contributed by atoms with Crippen LogP contribution in [0.5, 0.6) is 0 Å². The zero-order chi connectivity index (χ0) is 12.7. The lowest BCUT2D eigenvalue weighted by Gasteiger charge is -2.33. The highest BCUT2D eigenvalue weighted by Gasteiger charge is 2.46. The van der Waals surface area contributed by atoms with Crippen molar-refractivity contribution >= 4 is 11.6 Å². The van der Waals surface area contributed by atoms with Crippen molar-refractivity contribution in [3.8, 4) is 0 Å². The van der Waals surface area contributed by atoms with Crippen molar-refractivity contribution in [1.29, 1.82) is 0 Å². The van der Waals surface area contributed by atoms with Gasteiger partial charge < -0.3 is 0 Å². The number of hydrogen-bond acceptors (Lipinski definition) is 3. The maximum absolute atomic E-state index is 12.5. The highest BCUT2D eigenvalue weighted by molar-refractivity contribution is 5.97. The second-order valence-corrected chi connectivity index (χ2v) is 5.42. The average Bonchev–Trinajstić information content (AvgIpc) is 2.67. The van der Waals surface area contributed by atoms with Gasteiger partial charge >= 0.3 is 0 Å². The smallest absolute Gasteiger partial charge is 0.247 e. The van der Waals surface area contributed by atoms with E-state index in [1.807, 2.05) is 30.3 Å². The molecule has 0 radical (unpaired) electrons. The maximum Gasteiger partial charge on any atom is 0.247 e. The van der Waals surface area contributed by atoms with E-state index in [0.29, 0.717) is 12.0 Å². The minimum Gasteiger partial charge on any atom is -0.297 e. The first-order chi connectivity index (χ1) is 8.66. The molecule has 4 nitrogen and oxygen atoms in total. The second-order valence-electron chi connectivity index (χ2n) is 5.42. The Morgan fingerprint density at radius 3 is 2.67 bits per heavy atom. The highest BCUT2D eigenvalue weighted by atomic mass is 16.2. The first-order valence-corrected chi connectivity index (χ1v) is 6.58. The molecule has 18 heavy (non-hydrogen) atoms. The zero-order valence-electron chi connectivity index (χ0n) is 10.8. The standard InChI is InChI=1S/C14H19N3O/c1-9-8-10(2)15-13-12(9)14(18)17(16-13)11-6-4-3-5-7-11/h3-7,9-10,12-13,15-16H,8H2,1-2H3. The fraction of sp³-hybridized carbons (Fsp3) is 0.500. The van der Waals surface area contributed by atoms with Crippen molar-refractivity contribution < 1.29 is 4.79 Å². The average molecular weight is 245 g/mol. The number of carbonyl (C=O) groups is 1. The van der Waals surface area contributed by atoms with E-state index in [-0.39, 0.29) is 18.0 Å². The third-order valence-corrected chi connectivity index (χ3v) is 3.95. The number of amides is 1. The van der Waals surface area contributed by atoms with Gasteiger partial charge in [0.05, 0.1) is 17.8 Å². The van der Waals surface area contributed by atoms with Gasteiger partial charge in [-0.3, -0.25) is 10.1 Å². The molecule has 2 heterocycles. The third kappa shape index (κ3) is 1.82. The van der Waals surface area contributed by atoms with Gasteiger partial charge in [-0.1, -0.05) is 25.1 Å². The quantitative estimate of drug-likeness (QED) is 0.788. The van der Waals surface area contributed by atoms with Crippen LogP contribution in [0.1, 0.15) is 20.3 Å². The van der Waals surface area contributed by atoms with E-state index in [4.69, 9.17) is 0 Å². The molecule has 2 aliphatic heterocycles. The molecule has 1 aromatic carbocycles. The van der Waals surface area contributed by atoms with Crippen LogP contribution in [0.3, 0.4) is 0 Å². The summed E-state index contributed by atoms with van der Waals surface area (Å²) in [7, 11) is 0. The summed E-state index contributed by atoms with van der Waals surface area (Å²) < 4.78 is 0. The molecule has 96 valence electrons. The van der Waals surface area contributed by atoms with E-state index >= 15 is 0 Å². The minimum absolute atomic E-state index is 0.0430. The summed E-state index contributed by atoms with van der Waals surface area (Å²) in [4.78, 5) is 12.5. The Balaban J connectivity index is 1.87. The van der Waals surface area contributed by atoms with Crippen molar-refractivity contribution in [2.75, 3.05) is 5.01 Å². The van der Waals surface area contributed by atoms with Crippen LogP contribution in [0, 0.1) is 11.8 Å². The number of para-hydroxylation sites is 1. The molecule has 0 saturated carbocycles. The van der Waals surface area contributed by atoms with Crippen molar-refractivity contribution in [3.63, 3.8) is 0 Å². The van der Waals surface area contributed by atoms with Crippen LogP contribution >= 0.6 is 0 Å². The molecule has 4 unspecified atom stereocenters. The van der Waals surface area contributed by atoms with Gasteiger partial charge in [-0.25, -0.2) is 10.4 Å². The summed E-state index contributed by atoms with van der Waals surface area (Å²) in [5.74, 6) is 0.638. The number of nitrogens with one attached hydrogen (secondary N) is 2. The molecule has 2 fully saturated rings. The number of carbonyl (C=O) groups excluding carboxylic acids is 1. The summed E-state index contributed by atoms with van der Waals surface area (Å²) in [6, 6.07) is 10.2. The van der Waals surface area contributed by atoms with E-state index in [2.05, 4.69) is 24.6 Å². The van der Waals surface area contributed by atoms with Gasteiger partial charge in [-0.15, -0.1) is 0 Å². The van der Waals surface area contributed by atoms with E-state index in [9.17, 15) is 4.79 Å². The fourth-order valence-corrected chi connectivity index (χ4v) is 3.15. The van der Waals surface area contributed by atoms with Gasteiger partial charge in [0.25, 0.3) is 0 Å². The lowest BCUT2D eigenvalue weighted by Crippen LogP contribution is -2.54. The lowest BCUT2D eigenvalue weighted by molar-refractivity contribution is -0.122. The van der Waals surface area contributed by atoms with Gasteiger partial charge in [-0.05, 0) is 31.4 Å². The molecule has 4 heteroatoms. The molecule has 0 aliphatic carbocycles. The monoisotopic (exact) mass is 245 g/mol. The normalized spacial score (nSPS) is 35.7. The molecule has 0 aromatic heterocycles. The van der Waals surface area contributed by atoms with Crippen LogP contribution in [0.2, 0.25) is 0 Å². The Morgan fingerprint density at radius 2 is 1.94 bits per heavy atom. The number of nitrogens with zero attached hydrogens (tertiary/aromatic N) is 1. The molecule has 1 aromatic rings. The Morgan fingerprint density at radius 1 is 1.22 bits per heavy atom. The summed E-state index contributed by atoms with van der Waals surface area (Å²) in [5, 5.41) is 5.16. The third-order valence-electron chi connectivity index (χ3n) is 3.95. The molecule has 2 N–H and O–H groups in total. The number of hydrogen-bond donors (Lipinski definition) is 2. The zero-order valence-corrected chi connectivity index (χ0v) is 10.8. The van der Waals surface area contributed by atoms with Crippen LogP contribution in [0.25, 0.3) is 0 Å². The molecule has 0 spiro atoms. The van der Waals surface area contributed by atoms with Crippen LogP contribution < -0.4 is 15.8 Å². The minimum atomic E-state index is 0.0430. The van der Waals surface area contributed by atoms with Crippen LogP contribution in [-0.2, 0) is 4.79 Å². The molecule has 0 bridgehead atoms. The Bertz CT molecular complexity index is 448. The number of benzene rings is 1. The van der Waals surface area contributed by atoms with Gasteiger partial charge in [0.2, 0.25) is 5.91 Å². The van der Waals surface area contributed by atoms with Crippen molar-refractivity contribution in [3.05, 3.63) is 30.3 Å². The predicted octanol–water partition coefficient (Wildman–Crippen LogP) is 1.50. The van der Waals surface area contributed by atoms with Crippen LogP contribution in [-0.4, -0.2) is 18.1 Å². The van der Waals surface area contributed by atoms with Crippen LogP contribution in [0.15, 0.2) is 30.3 Å². The molecular weight excluding hydrogens is 226 g/mol. The summed E-state index contributed by atoms with van der Waals surface area (Å²) in [6.07, 6.45) is 1.12. The maximum atomic E-state index is 12.5. The van der Waals surface area contributed by atoms with Gasteiger partial charge in [0.15, 0.2) is 0 Å². The summed E-state index contributed by atoms with van der Waals surface area (Å²) >= 11 is 0. The topological polar surface area (TPSA) is 44.4 Å². The molecule has 2 aliphatic rings. The first kappa shape index (κ1) is 11.7. The fourth-order valence-electron chi connectivity index (χ4n) is 3.15. The van der Waals surface area contributed by atoms with E-state index in [1.54, 1.807) is 5.01 Å². The second kappa shape index (κ2) is 4.37. The molecular formula is C14H19N3O. The number of fused-ring (bicyclic) bond motifs is 1. The number of anilines is 1. The van der Waals surface area contributed by atoms with E-state index in [1.165, 1.54) is 0 Å². The van der Waals surface area contributed by atoms with Gasteiger partial charge in [0.1, 0.15) is 0 Å². The first-order valence-electron chi connectivity index (χ1n) is 6.58. The number of hydrazine groups is 1. The predicted molar refractivity (Wildman–Crippen MR) is 70.7 cm³/mol. The summed E-state index contributed by atoms with van der Waals surface area (Å²) in [6.45, 7) is 4.34. The Kier molecular flexibility index (Phi) is 2.84. The van der Waals surface area contributed by atoms with Crippen molar-refractivity contribution in [1.82, 2.24) is 10.7 Å². The Hall–Kier alpha value is -1.39. The highest BCUT2D eigenvalue weighted by Crippen LogP contribution is 2.32. The Labute approximate surface area is 107 Å². The molecule has 4 atom stereocenters. The van der Waals surface area contributed by atoms with Crippen molar-refractivity contribution in [2.24, 2.45) is 11.8 Å². The van der Waals surface area contributed by atoms with E-state index in [0.717, 1.165) is 12.1 Å². The van der Waals surface area contributed by atoms with Gasteiger partial charge in [0, 0.05) is 6.04 Å². The lowest BCUT2D eigenvalue weighted by atomic mass is 9.83. The number of rotatable bonds is 1. The molecule has 3 rings (SSSR count). The number of piperidine rings is 1. The van der Waals surface area contributed by atoms with E-state index < -0.39 is 0 Å². The van der Waals surface area contributed by atoms with Crippen LogP contribution in [0.4, 0.5) is 5.69 Å². The van der Waals surface area contributed by atoms with Gasteiger partial charge in [-0.2, -0.15) is 0 Å². The van der Waals surface area contributed by atoms with Crippen molar-refractivity contribution in [2.45, 2.75) is 32.5 Å². The SMILES string of the molecule is CC1CC(C)C2C(=O)N(c3ccccc3)NC2N1. The largest absolute Gasteiger partial charge is 0.297 e. The summed E-state index contributed by atoms with van der Waals surface area (Å²) in [5.41, 5.74) is 4.21. The molecule has 1 amide bonds.